The van der Waals surface area contributed by atoms with E-state index in [4.69, 9.17) is 0 Å². The summed E-state index contributed by atoms with van der Waals surface area (Å²) in [5.74, 6) is 1.17. The van der Waals surface area contributed by atoms with E-state index >= 15 is 0 Å². The number of nitrogens with zero attached hydrogens (tertiary/aromatic N) is 2. The van der Waals surface area contributed by atoms with Gasteiger partial charge in [0.15, 0.2) is 15.8 Å². The molecular weight excluding hydrogens is 344 g/mol. The van der Waals surface area contributed by atoms with Gasteiger partial charge >= 0.3 is 0 Å². The molecule has 2 unspecified atom stereocenters. The van der Waals surface area contributed by atoms with Crippen molar-refractivity contribution < 1.29 is 8.42 Å². The second kappa shape index (κ2) is 7.41. The maximum absolute atomic E-state index is 11.6. The van der Waals surface area contributed by atoms with E-state index in [0.29, 0.717) is 18.4 Å². The monoisotopic (exact) mass is 370 g/mol. The van der Waals surface area contributed by atoms with Gasteiger partial charge in [0.2, 0.25) is 0 Å². The molecule has 0 bridgehead atoms. The molecule has 2 N–H and O–H groups in total. The number of aliphatic imine (C=N–C) groups is 1. The van der Waals surface area contributed by atoms with Gasteiger partial charge in [0.1, 0.15) is 0 Å². The van der Waals surface area contributed by atoms with Crippen LogP contribution in [0.4, 0.5) is 0 Å². The van der Waals surface area contributed by atoms with Crippen LogP contribution in [0.25, 0.3) is 0 Å². The van der Waals surface area contributed by atoms with Crippen LogP contribution in [0, 0.1) is 0 Å². The Morgan fingerprint density at radius 3 is 3.08 bits per heavy atom. The van der Waals surface area contributed by atoms with Crippen molar-refractivity contribution in [1.82, 2.24) is 15.5 Å². The van der Waals surface area contributed by atoms with Crippen LogP contribution in [0.2, 0.25) is 0 Å². The topological polar surface area (TPSA) is 73.8 Å². The zero-order valence-electron chi connectivity index (χ0n) is 14.3. The highest BCUT2D eigenvalue weighted by Crippen LogP contribution is 2.24. The Kier molecular flexibility index (Phi) is 5.46. The van der Waals surface area contributed by atoms with Crippen molar-refractivity contribution >= 4 is 27.1 Å². The van der Waals surface area contributed by atoms with E-state index in [9.17, 15) is 8.42 Å². The molecule has 1 fully saturated rings. The molecule has 1 saturated heterocycles. The van der Waals surface area contributed by atoms with Crippen LogP contribution in [0.15, 0.2) is 16.4 Å². The largest absolute Gasteiger partial charge is 0.355 e. The number of sulfone groups is 1. The molecule has 8 heteroatoms. The number of rotatable bonds is 4. The van der Waals surface area contributed by atoms with E-state index in [1.54, 1.807) is 7.05 Å². The summed E-state index contributed by atoms with van der Waals surface area (Å²) in [4.78, 5) is 8.23. The van der Waals surface area contributed by atoms with Gasteiger partial charge in [-0.1, -0.05) is 0 Å². The van der Waals surface area contributed by atoms with Crippen molar-refractivity contribution in [3.05, 3.63) is 21.9 Å². The number of hydrogen-bond donors (Lipinski definition) is 2. The van der Waals surface area contributed by atoms with Gasteiger partial charge in [-0.05, 0) is 36.8 Å². The lowest BCUT2D eigenvalue weighted by atomic mass is 10.1. The Morgan fingerprint density at radius 2 is 2.38 bits per heavy atom. The Balaban J connectivity index is 1.47. The Bertz CT molecular complexity index is 699. The summed E-state index contributed by atoms with van der Waals surface area (Å²) < 4.78 is 23.1. The zero-order chi connectivity index (χ0) is 17.2. The third-order valence-electron chi connectivity index (χ3n) is 4.82. The summed E-state index contributed by atoms with van der Waals surface area (Å²) in [5.41, 5.74) is 1.46. The molecule has 0 radical (unpaired) electrons. The number of hydrogen-bond acceptors (Lipinski definition) is 5. The van der Waals surface area contributed by atoms with E-state index in [-0.39, 0.29) is 17.5 Å². The molecule has 0 saturated carbocycles. The molecule has 0 amide bonds. The first-order chi connectivity index (χ1) is 11.5. The van der Waals surface area contributed by atoms with Gasteiger partial charge in [-0.2, -0.15) is 0 Å². The summed E-state index contributed by atoms with van der Waals surface area (Å²) in [6, 6.07) is 2.59. The molecule has 3 rings (SSSR count). The Hall–Kier alpha value is -1.12. The highest BCUT2D eigenvalue weighted by molar-refractivity contribution is 7.91. The molecule has 6 nitrogen and oxygen atoms in total. The second-order valence-corrected chi connectivity index (χ2v) is 9.87. The lowest BCUT2D eigenvalue weighted by molar-refractivity contribution is 0.192. The molecule has 0 aromatic carbocycles. The van der Waals surface area contributed by atoms with Crippen LogP contribution >= 0.6 is 11.3 Å². The van der Waals surface area contributed by atoms with Crippen molar-refractivity contribution in [2.24, 2.45) is 4.99 Å². The fraction of sp³-hybridized carbons (Fsp3) is 0.688. The lowest BCUT2D eigenvalue weighted by Crippen LogP contribution is -2.49. The molecule has 1 aromatic rings. The SMILES string of the molecule is CN=C(NCC(C)N1CCc2sccc2C1)NC1CCS(=O)(=O)C1. The highest BCUT2D eigenvalue weighted by atomic mass is 32.2. The fourth-order valence-corrected chi connectivity index (χ4v) is 5.88. The average Bonchev–Trinajstić information content (AvgIpc) is 3.16. The van der Waals surface area contributed by atoms with Gasteiger partial charge in [-0.15, -0.1) is 11.3 Å². The molecular formula is C16H26N4O2S2. The smallest absolute Gasteiger partial charge is 0.191 e. The minimum absolute atomic E-state index is 0.0279. The number of fused-ring (bicyclic) bond motifs is 1. The average molecular weight is 371 g/mol. The van der Waals surface area contributed by atoms with Crippen molar-refractivity contribution in [2.45, 2.75) is 38.4 Å². The summed E-state index contributed by atoms with van der Waals surface area (Å²) in [6.45, 7) is 5.11. The maximum atomic E-state index is 11.6. The first kappa shape index (κ1) is 17.7. The summed E-state index contributed by atoms with van der Waals surface area (Å²) in [6.07, 6.45) is 1.79. The zero-order valence-corrected chi connectivity index (χ0v) is 15.9. The minimum Gasteiger partial charge on any atom is -0.355 e. The van der Waals surface area contributed by atoms with Gasteiger partial charge in [0.05, 0.1) is 11.5 Å². The molecule has 24 heavy (non-hydrogen) atoms. The number of guanidine groups is 1. The van der Waals surface area contributed by atoms with E-state index in [1.165, 1.54) is 10.4 Å². The van der Waals surface area contributed by atoms with Crippen LogP contribution in [0.3, 0.4) is 0 Å². The van der Waals surface area contributed by atoms with E-state index in [0.717, 1.165) is 26.1 Å². The summed E-state index contributed by atoms with van der Waals surface area (Å²) in [5, 5.41) is 8.76. The first-order valence-electron chi connectivity index (χ1n) is 8.44. The van der Waals surface area contributed by atoms with Crippen LogP contribution in [-0.2, 0) is 22.8 Å². The fourth-order valence-electron chi connectivity index (χ4n) is 3.32. The highest BCUT2D eigenvalue weighted by Gasteiger charge is 2.28. The molecule has 2 aliphatic heterocycles. The van der Waals surface area contributed by atoms with Gasteiger partial charge < -0.3 is 10.6 Å². The quantitative estimate of drug-likeness (QED) is 0.607. The third-order valence-corrected chi connectivity index (χ3v) is 7.61. The maximum Gasteiger partial charge on any atom is 0.191 e. The first-order valence-corrected chi connectivity index (χ1v) is 11.1. The molecule has 1 aromatic heterocycles. The van der Waals surface area contributed by atoms with E-state index in [2.05, 4.69) is 38.9 Å². The molecule has 134 valence electrons. The Labute approximate surface area is 148 Å². The minimum atomic E-state index is -2.87. The summed E-state index contributed by atoms with van der Waals surface area (Å²) >= 11 is 1.86. The standard InChI is InChI=1S/C16H26N4O2S2/c1-12(20-6-3-15-13(10-20)4-7-23-15)9-18-16(17-2)19-14-5-8-24(21,22)11-14/h4,7,12,14H,3,5-6,8-11H2,1-2H3,(H2,17,18,19). The van der Waals surface area contributed by atoms with Crippen molar-refractivity contribution in [3.63, 3.8) is 0 Å². The van der Waals surface area contributed by atoms with Gasteiger partial charge in [-0.25, -0.2) is 8.42 Å². The van der Waals surface area contributed by atoms with E-state index < -0.39 is 9.84 Å². The lowest BCUT2D eigenvalue weighted by Gasteiger charge is -2.33. The number of thiophene rings is 1. The third kappa shape index (κ3) is 4.29. The van der Waals surface area contributed by atoms with Gasteiger partial charge in [0.25, 0.3) is 0 Å². The van der Waals surface area contributed by atoms with Crippen molar-refractivity contribution in [3.8, 4) is 0 Å². The molecule has 3 heterocycles. The molecule has 2 atom stereocenters. The van der Waals surface area contributed by atoms with Gasteiger partial charge in [0, 0.05) is 43.6 Å². The molecule has 0 spiro atoms. The molecule has 0 aliphatic carbocycles. The predicted molar refractivity (Wildman–Crippen MR) is 99.5 cm³/mol. The summed E-state index contributed by atoms with van der Waals surface area (Å²) in [7, 11) is -1.15. The van der Waals surface area contributed by atoms with Crippen molar-refractivity contribution in [1.29, 1.82) is 0 Å². The predicted octanol–water partition coefficient (Wildman–Crippen LogP) is 0.847. The Morgan fingerprint density at radius 1 is 1.54 bits per heavy atom. The van der Waals surface area contributed by atoms with Crippen molar-refractivity contribution in [2.75, 3.05) is 31.6 Å². The van der Waals surface area contributed by atoms with E-state index in [1.807, 2.05) is 11.3 Å². The van der Waals surface area contributed by atoms with Crippen LogP contribution < -0.4 is 10.6 Å². The van der Waals surface area contributed by atoms with Crippen LogP contribution in [0.1, 0.15) is 23.8 Å². The normalized spacial score (nSPS) is 25.2. The van der Waals surface area contributed by atoms with Crippen LogP contribution in [0.5, 0.6) is 0 Å². The number of nitrogens with one attached hydrogen (secondary N) is 2. The molecule has 2 aliphatic rings. The second-order valence-electron chi connectivity index (χ2n) is 6.64. The van der Waals surface area contributed by atoms with Gasteiger partial charge in [-0.3, -0.25) is 9.89 Å². The van der Waals surface area contributed by atoms with Crippen LogP contribution in [-0.4, -0.2) is 63.0 Å².